The number of fused-ring (bicyclic) bond motifs is 1. The third-order valence-electron chi connectivity index (χ3n) is 3.42. The number of aromatic nitrogens is 5. The molecule has 6 nitrogen and oxygen atoms in total. The van der Waals surface area contributed by atoms with Crippen molar-refractivity contribution in [1.82, 2.24) is 29.2 Å². The van der Waals surface area contributed by atoms with E-state index >= 15 is 0 Å². The SMILES string of the molecule is Cc1nccn1C[C@H](C)NCc1cnc2cnccn12. The zero-order chi connectivity index (χ0) is 13.9. The highest BCUT2D eigenvalue weighted by molar-refractivity contribution is 5.36. The van der Waals surface area contributed by atoms with Gasteiger partial charge in [-0.2, -0.15) is 0 Å². The van der Waals surface area contributed by atoms with Crippen LogP contribution in [0.1, 0.15) is 18.4 Å². The molecule has 3 aromatic heterocycles. The third kappa shape index (κ3) is 2.55. The molecule has 0 spiro atoms. The summed E-state index contributed by atoms with van der Waals surface area (Å²) < 4.78 is 4.20. The van der Waals surface area contributed by atoms with Crippen LogP contribution in [0, 0.1) is 6.92 Å². The van der Waals surface area contributed by atoms with Crippen LogP contribution in [-0.4, -0.2) is 30.0 Å². The van der Waals surface area contributed by atoms with Crippen LogP contribution < -0.4 is 5.32 Å². The van der Waals surface area contributed by atoms with Crippen LogP contribution in [0.2, 0.25) is 0 Å². The van der Waals surface area contributed by atoms with E-state index in [2.05, 4.69) is 36.2 Å². The molecule has 0 aliphatic heterocycles. The van der Waals surface area contributed by atoms with Crippen molar-refractivity contribution in [3.63, 3.8) is 0 Å². The van der Waals surface area contributed by atoms with E-state index in [1.165, 1.54) is 0 Å². The predicted octanol–water partition coefficient (Wildman–Crippen LogP) is 1.41. The average molecular weight is 270 g/mol. The summed E-state index contributed by atoms with van der Waals surface area (Å²) >= 11 is 0. The molecule has 0 fully saturated rings. The van der Waals surface area contributed by atoms with Crippen molar-refractivity contribution >= 4 is 5.65 Å². The van der Waals surface area contributed by atoms with Crippen LogP contribution in [0.15, 0.2) is 37.2 Å². The minimum Gasteiger partial charge on any atom is -0.334 e. The van der Waals surface area contributed by atoms with Crippen molar-refractivity contribution in [3.05, 3.63) is 48.7 Å². The lowest BCUT2D eigenvalue weighted by Gasteiger charge is -2.15. The van der Waals surface area contributed by atoms with Gasteiger partial charge in [0.15, 0.2) is 5.65 Å². The summed E-state index contributed by atoms with van der Waals surface area (Å²) in [6.45, 7) is 5.87. The second-order valence-electron chi connectivity index (χ2n) is 4.96. The molecule has 1 N–H and O–H groups in total. The van der Waals surface area contributed by atoms with Crippen LogP contribution in [0.4, 0.5) is 0 Å². The summed E-state index contributed by atoms with van der Waals surface area (Å²) in [5.74, 6) is 1.04. The molecular formula is C14H18N6. The summed E-state index contributed by atoms with van der Waals surface area (Å²) in [6, 6.07) is 0.357. The molecule has 3 aromatic rings. The zero-order valence-electron chi connectivity index (χ0n) is 11.7. The molecular weight excluding hydrogens is 252 g/mol. The lowest BCUT2D eigenvalue weighted by molar-refractivity contribution is 0.467. The van der Waals surface area contributed by atoms with Crippen molar-refractivity contribution in [2.75, 3.05) is 0 Å². The quantitative estimate of drug-likeness (QED) is 0.761. The minimum absolute atomic E-state index is 0.357. The summed E-state index contributed by atoms with van der Waals surface area (Å²) in [7, 11) is 0. The second-order valence-corrected chi connectivity index (χ2v) is 4.96. The van der Waals surface area contributed by atoms with Gasteiger partial charge in [-0.1, -0.05) is 0 Å². The maximum atomic E-state index is 4.33. The van der Waals surface area contributed by atoms with Crippen molar-refractivity contribution in [2.24, 2.45) is 0 Å². The van der Waals surface area contributed by atoms with Gasteiger partial charge in [0.25, 0.3) is 0 Å². The van der Waals surface area contributed by atoms with E-state index in [1.54, 1.807) is 12.4 Å². The van der Waals surface area contributed by atoms with Crippen molar-refractivity contribution in [2.45, 2.75) is 33.0 Å². The molecule has 20 heavy (non-hydrogen) atoms. The number of nitrogens with zero attached hydrogens (tertiary/aromatic N) is 5. The number of imidazole rings is 2. The van der Waals surface area contributed by atoms with Gasteiger partial charge in [-0.15, -0.1) is 0 Å². The molecule has 6 heteroatoms. The van der Waals surface area contributed by atoms with Gasteiger partial charge in [-0.3, -0.25) is 9.38 Å². The molecule has 0 saturated carbocycles. The van der Waals surface area contributed by atoms with Gasteiger partial charge in [0.05, 0.1) is 18.1 Å². The first kappa shape index (κ1) is 12.8. The fraction of sp³-hybridized carbons (Fsp3) is 0.357. The van der Waals surface area contributed by atoms with E-state index in [4.69, 9.17) is 0 Å². The van der Waals surface area contributed by atoms with Crippen LogP contribution in [-0.2, 0) is 13.1 Å². The first-order chi connectivity index (χ1) is 9.74. The fourth-order valence-corrected chi connectivity index (χ4v) is 2.26. The molecule has 104 valence electrons. The van der Waals surface area contributed by atoms with E-state index in [-0.39, 0.29) is 0 Å². The van der Waals surface area contributed by atoms with Gasteiger partial charge in [0, 0.05) is 43.9 Å². The Morgan fingerprint density at radius 2 is 2.10 bits per heavy atom. The maximum Gasteiger partial charge on any atom is 0.155 e. The predicted molar refractivity (Wildman–Crippen MR) is 76.3 cm³/mol. The highest BCUT2D eigenvalue weighted by Gasteiger charge is 2.07. The van der Waals surface area contributed by atoms with Gasteiger partial charge < -0.3 is 9.88 Å². The molecule has 1 atom stereocenters. The van der Waals surface area contributed by atoms with Crippen LogP contribution >= 0.6 is 0 Å². The number of aryl methyl sites for hydroxylation is 1. The highest BCUT2D eigenvalue weighted by atomic mass is 15.1. The standard InChI is InChI=1S/C14H18N6/c1-11(10-19-5-4-16-12(19)2)17-7-13-8-18-14-9-15-3-6-20(13)14/h3-6,8-9,11,17H,7,10H2,1-2H3/t11-/m0/s1. The first-order valence-electron chi connectivity index (χ1n) is 6.71. The normalized spacial score (nSPS) is 12.9. The molecule has 0 aliphatic carbocycles. The van der Waals surface area contributed by atoms with Crippen molar-refractivity contribution in [3.8, 4) is 0 Å². The fourth-order valence-electron chi connectivity index (χ4n) is 2.26. The maximum absolute atomic E-state index is 4.33. The topological polar surface area (TPSA) is 60.0 Å². The van der Waals surface area contributed by atoms with E-state index in [0.29, 0.717) is 6.04 Å². The van der Waals surface area contributed by atoms with Gasteiger partial charge in [0.1, 0.15) is 5.82 Å². The first-order valence-corrected chi connectivity index (χ1v) is 6.71. The zero-order valence-corrected chi connectivity index (χ0v) is 11.7. The van der Waals surface area contributed by atoms with Crippen LogP contribution in [0.25, 0.3) is 5.65 Å². The summed E-state index contributed by atoms with van der Waals surface area (Å²) in [5.41, 5.74) is 2.01. The molecule has 0 amide bonds. The van der Waals surface area contributed by atoms with Gasteiger partial charge in [0.2, 0.25) is 0 Å². The van der Waals surface area contributed by atoms with Gasteiger partial charge in [-0.25, -0.2) is 9.97 Å². The van der Waals surface area contributed by atoms with Crippen molar-refractivity contribution in [1.29, 1.82) is 0 Å². The number of rotatable bonds is 5. The highest BCUT2D eigenvalue weighted by Crippen LogP contribution is 2.05. The Hall–Kier alpha value is -2.21. The molecule has 0 aromatic carbocycles. The third-order valence-corrected chi connectivity index (χ3v) is 3.42. The van der Waals surface area contributed by atoms with E-state index in [9.17, 15) is 0 Å². The van der Waals surface area contributed by atoms with Crippen LogP contribution in [0.5, 0.6) is 0 Å². The molecule has 3 rings (SSSR count). The molecule has 0 unspecified atom stereocenters. The Morgan fingerprint density at radius 3 is 2.90 bits per heavy atom. The Kier molecular flexibility index (Phi) is 3.47. The Morgan fingerprint density at radius 1 is 1.20 bits per heavy atom. The van der Waals surface area contributed by atoms with E-state index in [0.717, 1.165) is 30.3 Å². The molecule has 0 radical (unpaired) electrons. The monoisotopic (exact) mass is 270 g/mol. The smallest absolute Gasteiger partial charge is 0.155 e. The number of hydrogen-bond acceptors (Lipinski definition) is 4. The molecule has 0 aliphatic rings. The van der Waals surface area contributed by atoms with E-state index < -0.39 is 0 Å². The molecule has 0 saturated heterocycles. The van der Waals surface area contributed by atoms with Gasteiger partial charge >= 0.3 is 0 Å². The Labute approximate surface area is 117 Å². The average Bonchev–Trinajstić information content (AvgIpc) is 3.04. The second kappa shape index (κ2) is 5.42. The van der Waals surface area contributed by atoms with Gasteiger partial charge in [-0.05, 0) is 13.8 Å². The summed E-state index contributed by atoms with van der Waals surface area (Å²) in [6.07, 6.45) is 11.2. The lowest BCUT2D eigenvalue weighted by Crippen LogP contribution is -2.30. The summed E-state index contributed by atoms with van der Waals surface area (Å²) in [5, 5.41) is 3.51. The number of hydrogen-bond donors (Lipinski definition) is 1. The molecule has 0 bridgehead atoms. The van der Waals surface area contributed by atoms with E-state index in [1.807, 2.05) is 31.7 Å². The number of nitrogens with one attached hydrogen (secondary N) is 1. The van der Waals surface area contributed by atoms with Crippen LogP contribution in [0.3, 0.4) is 0 Å². The summed E-state index contributed by atoms with van der Waals surface area (Å²) in [4.78, 5) is 12.6. The Balaban J connectivity index is 1.63. The minimum atomic E-state index is 0.357. The lowest BCUT2D eigenvalue weighted by atomic mass is 10.3. The Bertz CT molecular complexity index is 698. The van der Waals surface area contributed by atoms with Crippen molar-refractivity contribution < 1.29 is 0 Å². The largest absolute Gasteiger partial charge is 0.334 e. The molecule has 3 heterocycles.